The zero-order valence-corrected chi connectivity index (χ0v) is 13.6. The Labute approximate surface area is 133 Å². The van der Waals surface area contributed by atoms with Crippen LogP contribution in [0.1, 0.15) is 32.0 Å². The van der Waals surface area contributed by atoms with Gasteiger partial charge in [0.2, 0.25) is 5.16 Å². The molecule has 0 unspecified atom stereocenters. The quantitative estimate of drug-likeness (QED) is 0.313. The molecule has 0 amide bonds. The third-order valence-electron chi connectivity index (χ3n) is 3.52. The summed E-state index contributed by atoms with van der Waals surface area (Å²) in [6.07, 6.45) is 3.47. The van der Waals surface area contributed by atoms with E-state index in [-0.39, 0.29) is 5.88 Å². The molecule has 0 fully saturated rings. The minimum atomic E-state index is -0.241. The van der Waals surface area contributed by atoms with Crippen LogP contribution in [0.4, 0.5) is 0 Å². The molecule has 0 bridgehead atoms. The molecule has 0 aliphatic rings. The maximum atomic E-state index is 12.4. The predicted octanol–water partition coefficient (Wildman–Crippen LogP) is 2.43. The molecule has 3 rings (SSSR count). The lowest BCUT2D eigenvalue weighted by atomic mass is 10.2. The van der Waals surface area contributed by atoms with Crippen LogP contribution in [-0.2, 0) is 0 Å². The molecule has 2 aromatic heterocycles. The van der Waals surface area contributed by atoms with Crippen molar-refractivity contribution in [2.75, 3.05) is 5.75 Å². The van der Waals surface area contributed by atoms with Crippen LogP contribution in [0.3, 0.4) is 0 Å². The SMILES string of the molecule is CCCCCSc1nc([O-])c2c3ccccc3nc(C)[n+]2n1. The highest BCUT2D eigenvalue weighted by Gasteiger charge is 2.17. The normalized spacial score (nSPS) is 11.4. The minimum Gasteiger partial charge on any atom is -0.856 e. The van der Waals surface area contributed by atoms with Gasteiger partial charge in [-0.15, -0.1) is 0 Å². The van der Waals surface area contributed by atoms with Gasteiger partial charge in [0, 0.05) is 18.6 Å². The highest BCUT2D eigenvalue weighted by Crippen LogP contribution is 2.22. The summed E-state index contributed by atoms with van der Waals surface area (Å²) >= 11 is 1.53. The Bertz CT molecular complexity index is 822. The lowest BCUT2D eigenvalue weighted by Gasteiger charge is -2.09. The third-order valence-corrected chi connectivity index (χ3v) is 4.45. The molecule has 0 aliphatic heterocycles. The number of hydrogen-bond donors (Lipinski definition) is 0. The van der Waals surface area contributed by atoms with Crippen molar-refractivity contribution in [1.82, 2.24) is 15.1 Å². The number of benzene rings is 1. The van der Waals surface area contributed by atoms with E-state index in [9.17, 15) is 5.11 Å². The molecular weight excluding hydrogens is 296 g/mol. The van der Waals surface area contributed by atoms with Crippen molar-refractivity contribution in [1.29, 1.82) is 0 Å². The lowest BCUT2D eigenvalue weighted by molar-refractivity contribution is -0.598. The second-order valence-corrected chi connectivity index (χ2v) is 6.25. The van der Waals surface area contributed by atoms with Crippen molar-refractivity contribution >= 4 is 28.2 Å². The second kappa shape index (κ2) is 6.44. The molecular formula is C16H18N4OS. The van der Waals surface area contributed by atoms with Gasteiger partial charge in [0.05, 0.1) is 5.39 Å². The third kappa shape index (κ3) is 2.83. The van der Waals surface area contributed by atoms with E-state index >= 15 is 0 Å². The topological polar surface area (TPSA) is 65.8 Å². The Morgan fingerprint density at radius 3 is 2.82 bits per heavy atom. The fraction of sp³-hybridized carbons (Fsp3) is 0.375. The van der Waals surface area contributed by atoms with Crippen molar-refractivity contribution in [3.05, 3.63) is 30.1 Å². The Kier molecular flexibility index (Phi) is 4.38. The molecule has 0 spiro atoms. The van der Waals surface area contributed by atoms with Gasteiger partial charge in [0.25, 0.3) is 0 Å². The first-order valence-electron chi connectivity index (χ1n) is 7.50. The number of aromatic nitrogens is 4. The molecule has 3 aromatic rings. The van der Waals surface area contributed by atoms with Crippen molar-refractivity contribution in [2.45, 2.75) is 38.3 Å². The van der Waals surface area contributed by atoms with Crippen LogP contribution < -0.4 is 9.62 Å². The molecule has 1 aromatic carbocycles. The van der Waals surface area contributed by atoms with E-state index in [1.54, 1.807) is 4.52 Å². The highest BCUT2D eigenvalue weighted by molar-refractivity contribution is 7.99. The van der Waals surface area contributed by atoms with Gasteiger partial charge in [-0.3, -0.25) is 0 Å². The molecule has 0 radical (unpaired) electrons. The molecule has 6 heteroatoms. The van der Waals surface area contributed by atoms with Crippen LogP contribution in [-0.4, -0.2) is 20.8 Å². The zero-order chi connectivity index (χ0) is 15.5. The fourth-order valence-electron chi connectivity index (χ4n) is 2.42. The van der Waals surface area contributed by atoms with Crippen LogP contribution in [0.25, 0.3) is 16.4 Å². The first-order valence-corrected chi connectivity index (χ1v) is 8.48. The highest BCUT2D eigenvalue weighted by atomic mass is 32.2. The average Bonchev–Trinajstić information content (AvgIpc) is 2.52. The Morgan fingerprint density at radius 2 is 2.00 bits per heavy atom. The van der Waals surface area contributed by atoms with E-state index in [0.29, 0.717) is 16.5 Å². The van der Waals surface area contributed by atoms with Crippen molar-refractivity contribution < 1.29 is 9.62 Å². The summed E-state index contributed by atoms with van der Waals surface area (Å²) in [4.78, 5) is 8.66. The van der Waals surface area contributed by atoms with Crippen molar-refractivity contribution in [3.63, 3.8) is 0 Å². The summed E-state index contributed by atoms with van der Waals surface area (Å²) in [7, 11) is 0. The number of nitrogens with zero attached hydrogens (tertiary/aromatic N) is 4. The number of unbranched alkanes of at least 4 members (excludes halogenated alkanes) is 2. The molecule has 0 aliphatic carbocycles. The van der Waals surface area contributed by atoms with E-state index in [0.717, 1.165) is 23.1 Å². The largest absolute Gasteiger partial charge is 0.856 e. The number of aryl methyl sites for hydroxylation is 1. The van der Waals surface area contributed by atoms with Crippen LogP contribution in [0, 0.1) is 6.92 Å². The van der Waals surface area contributed by atoms with Crippen LogP contribution in [0.5, 0.6) is 5.88 Å². The van der Waals surface area contributed by atoms with E-state index in [1.807, 2.05) is 31.2 Å². The number of fused-ring (bicyclic) bond motifs is 3. The number of hydrogen-bond acceptors (Lipinski definition) is 5. The Balaban J connectivity index is 2.06. The molecule has 0 saturated heterocycles. The monoisotopic (exact) mass is 314 g/mol. The summed E-state index contributed by atoms with van der Waals surface area (Å²) in [5.41, 5.74) is 1.30. The van der Waals surface area contributed by atoms with E-state index in [2.05, 4.69) is 22.0 Å². The summed E-state index contributed by atoms with van der Waals surface area (Å²) < 4.78 is 1.62. The van der Waals surface area contributed by atoms with Gasteiger partial charge in [-0.25, -0.2) is 4.98 Å². The van der Waals surface area contributed by atoms with Crippen LogP contribution >= 0.6 is 11.8 Å². The standard InChI is InChI=1S/C16H18N4OS/c1-3-4-7-10-22-16-18-15(21)14-12-8-5-6-9-13(12)17-11(2)20(14)19-16/h5-6,8-9H,3-4,7,10H2,1-2H3. The fourth-order valence-corrected chi connectivity index (χ4v) is 3.24. The van der Waals surface area contributed by atoms with E-state index in [4.69, 9.17) is 0 Å². The van der Waals surface area contributed by atoms with Crippen LogP contribution in [0.15, 0.2) is 29.4 Å². The Morgan fingerprint density at radius 1 is 1.18 bits per heavy atom. The van der Waals surface area contributed by atoms with Crippen molar-refractivity contribution in [3.8, 4) is 5.88 Å². The smallest absolute Gasteiger partial charge is 0.321 e. The average molecular weight is 314 g/mol. The van der Waals surface area contributed by atoms with Gasteiger partial charge in [0.1, 0.15) is 0 Å². The summed E-state index contributed by atoms with van der Waals surface area (Å²) in [5, 5.41) is 18.2. The van der Waals surface area contributed by atoms with Gasteiger partial charge in [-0.1, -0.05) is 53.3 Å². The summed E-state index contributed by atoms with van der Waals surface area (Å²) in [6, 6.07) is 7.59. The Hall–Kier alpha value is -1.95. The molecule has 22 heavy (non-hydrogen) atoms. The van der Waals surface area contributed by atoms with Gasteiger partial charge in [-0.05, 0) is 23.5 Å². The molecule has 0 saturated carbocycles. The molecule has 2 heterocycles. The van der Waals surface area contributed by atoms with Gasteiger partial charge < -0.3 is 5.11 Å². The van der Waals surface area contributed by atoms with Gasteiger partial charge in [-0.2, -0.15) is 0 Å². The first kappa shape index (κ1) is 15.0. The molecule has 0 N–H and O–H groups in total. The first-order chi connectivity index (χ1) is 10.7. The van der Waals surface area contributed by atoms with E-state index < -0.39 is 0 Å². The molecule has 5 nitrogen and oxygen atoms in total. The number of para-hydroxylation sites is 1. The predicted molar refractivity (Wildman–Crippen MR) is 84.9 cm³/mol. The second-order valence-electron chi connectivity index (χ2n) is 5.19. The number of thioether (sulfide) groups is 1. The maximum absolute atomic E-state index is 12.4. The zero-order valence-electron chi connectivity index (χ0n) is 12.7. The van der Waals surface area contributed by atoms with Crippen LogP contribution in [0.2, 0.25) is 0 Å². The summed E-state index contributed by atoms with van der Waals surface area (Å²) in [5.74, 6) is 1.39. The lowest BCUT2D eigenvalue weighted by Crippen LogP contribution is -2.34. The minimum absolute atomic E-state index is 0.241. The van der Waals surface area contributed by atoms with E-state index in [1.165, 1.54) is 24.6 Å². The van der Waals surface area contributed by atoms with Gasteiger partial charge >= 0.3 is 5.82 Å². The maximum Gasteiger partial charge on any atom is 0.321 e. The molecule has 114 valence electrons. The molecule has 0 atom stereocenters. The summed E-state index contributed by atoms with van der Waals surface area (Å²) in [6.45, 7) is 4.03. The van der Waals surface area contributed by atoms with Crippen molar-refractivity contribution in [2.24, 2.45) is 0 Å². The number of rotatable bonds is 5. The van der Waals surface area contributed by atoms with Gasteiger partial charge in [0.15, 0.2) is 11.0 Å².